The summed E-state index contributed by atoms with van der Waals surface area (Å²) in [5.41, 5.74) is 1.43. The molecule has 0 aromatic heterocycles. The molecule has 0 bridgehead atoms. The predicted octanol–water partition coefficient (Wildman–Crippen LogP) is 2.61. The van der Waals surface area contributed by atoms with Crippen LogP contribution in [-0.4, -0.2) is 35.0 Å². The molecule has 0 heterocycles. The third-order valence-corrected chi connectivity index (χ3v) is 3.29. The molecule has 0 spiro atoms. The summed E-state index contributed by atoms with van der Waals surface area (Å²) in [6.45, 7) is 0.145. The highest BCUT2D eigenvalue weighted by molar-refractivity contribution is 5.87. The van der Waals surface area contributed by atoms with E-state index in [0.29, 0.717) is 17.7 Å². The highest BCUT2D eigenvalue weighted by Gasteiger charge is 2.04. The smallest absolute Gasteiger partial charge is 0.330 e. The molecule has 0 aliphatic heterocycles. The van der Waals surface area contributed by atoms with Gasteiger partial charge in [0.15, 0.2) is 23.0 Å². The molecule has 0 amide bonds. The Labute approximate surface area is 139 Å². The monoisotopic (exact) mass is 330 g/mol. The highest BCUT2D eigenvalue weighted by Crippen LogP contribution is 2.27. The van der Waals surface area contributed by atoms with E-state index in [1.54, 1.807) is 24.3 Å². The van der Waals surface area contributed by atoms with Crippen LogP contribution in [0.3, 0.4) is 0 Å². The number of esters is 1. The third-order valence-electron chi connectivity index (χ3n) is 3.29. The van der Waals surface area contributed by atoms with Crippen LogP contribution in [0.2, 0.25) is 0 Å². The van der Waals surface area contributed by atoms with Crippen LogP contribution in [0, 0.1) is 0 Å². The summed E-state index contributed by atoms with van der Waals surface area (Å²) in [6.07, 6.45) is 3.25. The van der Waals surface area contributed by atoms with Gasteiger partial charge in [0.2, 0.25) is 0 Å². The van der Waals surface area contributed by atoms with Crippen LogP contribution in [0.25, 0.3) is 6.08 Å². The van der Waals surface area contributed by atoms with Crippen molar-refractivity contribution < 1.29 is 29.6 Å². The van der Waals surface area contributed by atoms with E-state index >= 15 is 0 Å². The summed E-state index contributed by atoms with van der Waals surface area (Å²) in [4.78, 5) is 11.7. The van der Waals surface area contributed by atoms with Crippen molar-refractivity contribution in [3.8, 4) is 23.0 Å². The minimum absolute atomic E-state index is 0.0226. The average molecular weight is 330 g/mol. The van der Waals surface area contributed by atoms with Gasteiger partial charge >= 0.3 is 5.97 Å². The molecule has 0 radical (unpaired) electrons. The molecule has 0 saturated carbocycles. The van der Waals surface area contributed by atoms with Gasteiger partial charge in [-0.05, 0) is 41.5 Å². The number of aromatic hydroxyl groups is 3. The first-order chi connectivity index (χ1) is 11.5. The molecule has 6 heteroatoms. The molecule has 0 saturated heterocycles. The fourth-order valence-corrected chi connectivity index (χ4v) is 2.00. The van der Waals surface area contributed by atoms with Crippen LogP contribution in [0.15, 0.2) is 42.5 Å². The fourth-order valence-electron chi connectivity index (χ4n) is 2.00. The van der Waals surface area contributed by atoms with Crippen molar-refractivity contribution in [1.29, 1.82) is 0 Å². The zero-order valence-corrected chi connectivity index (χ0v) is 13.1. The summed E-state index contributed by atoms with van der Waals surface area (Å²) in [5.74, 6) is -0.569. The normalized spacial score (nSPS) is 10.7. The summed E-state index contributed by atoms with van der Waals surface area (Å²) >= 11 is 0. The first-order valence-corrected chi connectivity index (χ1v) is 7.22. The molecule has 2 aromatic rings. The SMILES string of the molecule is COc1cc(/C=C/C(=O)OCCc2ccc(O)c(O)c2)ccc1O. The topological polar surface area (TPSA) is 96.2 Å². The summed E-state index contributed by atoms with van der Waals surface area (Å²) in [7, 11) is 1.44. The van der Waals surface area contributed by atoms with Gasteiger partial charge in [0.25, 0.3) is 0 Å². The Morgan fingerprint density at radius 3 is 2.50 bits per heavy atom. The Morgan fingerprint density at radius 1 is 1.04 bits per heavy atom. The number of methoxy groups -OCH3 is 1. The van der Waals surface area contributed by atoms with E-state index in [1.165, 1.54) is 31.4 Å². The number of phenols is 3. The van der Waals surface area contributed by atoms with Crippen molar-refractivity contribution >= 4 is 12.0 Å². The van der Waals surface area contributed by atoms with Gasteiger partial charge in [-0.1, -0.05) is 12.1 Å². The Morgan fingerprint density at radius 2 is 1.79 bits per heavy atom. The van der Waals surface area contributed by atoms with Crippen LogP contribution >= 0.6 is 0 Å². The number of carbonyl (C=O) groups is 1. The number of phenolic OH excluding ortho intramolecular Hbond substituents is 3. The van der Waals surface area contributed by atoms with Crippen LogP contribution in [0.5, 0.6) is 23.0 Å². The number of ether oxygens (including phenoxy) is 2. The van der Waals surface area contributed by atoms with Gasteiger partial charge in [-0.3, -0.25) is 0 Å². The van der Waals surface area contributed by atoms with Gasteiger partial charge < -0.3 is 24.8 Å². The van der Waals surface area contributed by atoms with Gasteiger partial charge in [-0.2, -0.15) is 0 Å². The third kappa shape index (κ3) is 4.67. The lowest BCUT2D eigenvalue weighted by molar-refractivity contribution is -0.137. The standard InChI is InChI=1S/C18H18O6/c1-23-17-11-12(3-6-15(17)20)4-7-18(22)24-9-8-13-2-5-14(19)16(21)10-13/h2-7,10-11,19-21H,8-9H2,1H3/b7-4+. The van der Waals surface area contributed by atoms with Gasteiger partial charge in [0.1, 0.15) is 0 Å². The van der Waals surface area contributed by atoms with Crippen LogP contribution in [0.4, 0.5) is 0 Å². The van der Waals surface area contributed by atoms with Gasteiger partial charge in [0, 0.05) is 12.5 Å². The molecule has 3 N–H and O–H groups in total. The molecule has 126 valence electrons. The lowest BCUT2D eigenvalue weighted by Gasteiger charge is -2.05. The number of hydrogen-bond acceptors (Lipinski definition) is 6. The van der Waals surface area contributed by atoms with Gasteiger partial charge in [0.05, 0.1) is 13.7 Å². The van der Waals surface area contributed by atoms with E-state index in [4.69, 9.17) is 9.47 Å². The number of rotatable bonds is 6. The van der Waals surface area contributed by atoms with Crippen LogP contribution in [0.1, 0.15) is 11.1 Å². The van der Waals surface area contributed by atoms with Crippen LogP contribution < -0.4 is 4.74 Å². The molecule has 0 atom stereocenters. The van der Waals surface area contributed by atoms with E-state index in [2.05, 4.69) is 0 Å². The van der Waals surface area contributed by atoms with E-state index in [-0.39, 0.29) is 23.9 Å². The van der Waals surface area contributed by atoms with E-state index in [1.807, 2.05) is 0 Å². The van der Waals surface area contributed by atoms with Crippen molar-refractivity contribution in [2.24, 2.45) is 0 Å². The Balaban J connectivity index is 1.85. The number of carbonyl (C=O) groups excluding carboxylic acids is 1. The van der Waals surface area contributed by atoms with Gasteiger partial charge in [-0.25, -0.2) is 4.79 Å². The van der Waals surface area contributed by atoms with Gasteiger partial charge in [-0.15, -0.1) is 0 Å². The van der Waals surface area contributed by atoms with E-state index in [0.717, 1.165) is 5.56 Å². The quantitative estimate of drug-likeness (QED) is 0.428. The predicted molar refractivity (Wildman–Crippen MR) is 88.1 cm³/mol. The molecule has 24 heavy (non-hydrogen) atoms. The minimum atomic E-state index is -0.509. The zero-order valence-electron chi connectivity index (χ0n) is 13.1. The summed E-state index contributed by atoms with van der Waals surface area (Å²) in [5, 5.41) is 28.1. The minimum Gasteiger partial charge on any atom is -0.504 e. The summed E-state index contributed by atoms with van der Waals surface area (Å²) < 4.78 is 10.1. The largest absolute Gasteiger partial charge is 0.504 e. The second-order valence-electron chi connectivity index (χ2n) is 5.01. The Bertz CT molecular complexity index is 751. The van der Waals surface area contributed by atoms with E-state index in [9.17, 15) is 20.1 Å². The fraction of sp³-hybridized carbons (Fsp3) is 0.167. The first-order valence-electron chi connectivity index (χ1n) is 7.22. The maximum Gasteiger partial charge on any atom is 0.330 e. The van der Waals surface area contributed by atoms with Crippen molar-refractivity contribution in [3.63, 3.8) is 0 Å². The molecule has 0 unspecified atom stereocenters. The molecule has 2 aromatic carbocycles. The second kappa shape index (κ2) is 7.92. The highest BCUT2D eigenvalue weighted by atomic mass is 16.5. The Hall–Kier alpha value is -3.15. The van der Waals surface area contributed by atoms with Crippen LogP contribution in [-0.2, 0) is 16.0 Å². The first kappa shape index (κ1) is 17.2. The lowest BCUT2D eigenvalue weighted by atomic mass is 10.1. The lowest BCUT2D eigenvalue weighted by Crippen LogP contribution is -2.04. The molecule has 0 aliphatic carbocycles. The number of benzene rings is 2. The summed E-state index contributed by atoms with van der Waals surface area (Å²) in [6, 6.07) is 9.15. The second-order valence-corrected chi connectivity index (χ2v) is 5.01. The molecular formula is C18H18O6. The molecule has 0 aliphatic rings. The zero-order chi connectivity index (χ0) is 17.5. The van der Waals surface area contributed by atoms with Crippen molar-refractivity contribution in [1.82, 2.24) is 0 Å². The maximum absolute atomic E-state index is 11.7. The van der Waals surface area contributed by atoms with Crippen molar-refractivity contribution in [2.45, 2.75) is 6.42 Å². The molecule has 6 nitrogen and oxygen atoms in total. The maximum atomic E-state index is 11.7. The average Bonchev–Trinajstić information content (AvgIpc) is 2.57. The molecule has 2 rings (SSSR count). The van der Waals surface area contributed by atoms with Crippen molar-refractivity contribution in [3.05, 3.63) is 53.6 Å². The molecular weight excluding hydrogens is 312 g/mol. The molecule has 0 fully saturated rings. The Kier molecular flexibility index (Phi) is 5.68. The van der Waals surface area contributed by atoms with E-state index < -0.39 is 5.97 Å². The number of hydrogen-bond donors (Lipinski definition) is 3. The van der Waals surface area contributed by atoms with Crippen molar-refractivity contribution in [2.75, 3.05) is 13.7 Å².